The third-order valence-electron chi connectivity index (χ3n) is 4.87. The first-order chi connectivity index (χ1) is 14.5. The van der Waals surface area contributed by atoms with E-state index in [1.807, 2.05) is 29.8 Å². The lowest BCUT2D eigenvalue weighted by atomic mass is 10.1. The number of aromatic nitrogens is 2. The number of amides is 2. The molecule has 2 aromatic rings. The zero-order valence-corrected chi connectivity index (χ0v) is 18.7. The lowest BCUT2D eigenvalue weighted by molar-refractivity contribution is -0.129. The number of nitrogens with one attached hydrogen (secondary N) is 2. The van der Waals surface area contributed by atoms with Crippen LogP contribution in [0.3, 0.4) is 0 Å². The summed E-state index contributed by atoms with van der Waals surface area (Å²) in [6.45, 7) is 1.39. The first kappa shape index (κ1) is 24.2. The molecule has 2 amide bonds. The third-order valence-corrected chi connectivity index (χ3v) is 5.21. The Hall–Kier alpha value is -2.03. The molecule has 1 heterocycles. The molecule has 0 atom stereocenters. The summed E-state index contributed by atoms with van der Waals surface area (Å²) >= 11 is 11.8. The van der Waals surface area contributed by atoms with Crippen molar-refractivity contribution in [2.45, 2.75) is 38.5 Å². The molecule has 1 aromatic heterocycles. The summed E-state index contributed by atoms with van der Waals surface area (Å²) in [5.74, 6) is 1.05. The maximum Gasteiger partial charge on any atom is 0.243 e. The molecule has 0 aliphatic heterocycles. The summed E-state index contributed by atoms with van der Waals surface area (Å²) in [6, 6.07) is 5.96. The van der Waals surface area contributed by atoms with Gasteiger partial charge in [0.1, 0.15) is 0 Å². The molecule has 0 saturated heterocycles. The van der Waals surface area contributed by atoms with Crippen LogP contribution in [0.2, 0.25) is 0 Å². The van der Waals surface area contributed by atoms with E-state index in [4.69, 9.17) is 28.4 Å². The van der Waals surface area contributed by atoms with Gasteiger partial charge in [-0.25, -0.2) is 10.5 Å². The van der Waals surface area contributed by atoms with Crippen molar-refractivity contribution in [2.24, 2.45) is 7.05 Å². The van der Waals surface area contributed by atoms with Crippen LogP contribution >= 0.6 is 23.2 Å². The topological polar surface area (TPSA) is 99.5 Å². The second-order valence-corrected chi connectivity index (χ2v) is 7.79. The van der Waals surface area contributed by atoms with E-state index in [1.54, 1.807) is 5.48 Å². The molecule has 0 saturated carbocycles. The molecule has 0 aliphatic rings. The van der Waals surface area contributed by atoms with Gasteiger partial charge in [-0.15, -0.1) is 23.2 Å². The SMILES string of the molecule is Cn1c(NC(=O)CCCCCCC(=O)NO)nc2cc(N(CCCl)CCCl)ccc21. The predicted molar refractivity (Wildman–Crippen MR) is 121 cm³/mol. The van der Waals surface area contributed by atoms with Crippen LogP contribution in [0.25, 0.3) is 11.0 Å². The lowest BCUT2D eigenvalue weighted by Crippen LogP contribution is -2.27. The van der Waals surface area contributed by atoms with E-state index in [9.17, 15) is 9.59 Å². The highest BCUT2D eigenvalue weighted by atomic mass is 35.5. The summed E-state index contributed by atoms with van der Waals surface area (Å²) in [7, 11) is 1.87. The zero-order chi connectivity index (χ0) is 21.9. The molecule has 10 heteroatoms. The van der Waals surface area contributed by atoms with E-state index < -0.39 is 0 Å². The van der Waals surface area contributed by atoms with Crippen molar-refractivity contribution in [3.05, 3.63) is 18.2 Å². The number of unbranched alkanes of at least 4 members (excludes halogenated alkanes) is 3. The van der Waals surface area contributed by atoms with Crippen LogP contribution in [0.4, 0.5) is 11.6 Å². The standard InChI is InChI=1S/C20H29Cl2N5O3/c1-26-17-9-8-15(27(12-10-21)13-11-22)14-16(17)23-20(26)24-18(28)6-4-2-3-5-7-19(29)25-30/h8-9,14,30H,2-7,10-13H2,1H3,(H,25,29)(H,23,24,28). The van der Waals surface area contributed by atoms with Gasteiger partial charge in [-0.05, 0) is 31.0 Å². The highest BCUT2D eigenvalue weighted by Gasteiger charge is 2.13. The Bertz CT molecular complexity index is 837. The van der Waals surface area contributed by atoms with Crippen molar-refractivity contribution in [1.29, 1.82) is 0 Å². The molecule has 1 aromatic carbocycles. The number of hydrogen-bond donors (Lipinski definition) is 3. The number of aryl methyl sites for hydroxylation is 1. The van der Waals surface area contributed by atoms with E-state index in [-0.39, 0.29) is 18.2 Å². The number of hydroxylamine groups is 1. The number of imidazole rings is 1. The monoisotopic (exact) mass is 457 g/mol. The summed E-state index contributed by atoms with van der Waals surface area (Å²) in [4.78, 5) is 29.9. The van der Waals surface area contributed by atoms with Crippen molar-refractivity contribution >= 4 is 57.7 Å². The zero-order valence-electron chi connectivity index (χ0n) is 17.2. The van der Waals surface area contributed by atoms with Crippen molar-refractivity contribution in [1.82, 2.24) is 15.0 Å². The Kier molecular flexibility index (Phi) is 10.2. The summed E-state index contributed by atoms with van der Waals surface area (Å²) in [5, 5.41) is 11.3. The van der Waals surface area contributed by atoms with Crippen molar-refractivity contribution in [2.75, 3.05) is 35.1 Å². The second-order valence-electron chi connectivity index (χ2n) is 7.03. The Morgan fingerprint density at radius 3 is 2.30 bits per heavy atom. The molecule has 8 nitrogen and oxygen atoms in total. The van der Waals surface area contributed by atoms with E-state index in [0.29, 0.717) is 43.6 Å². The van der Waals surface area contributed by atoms with Crippen LogP contribution in [0.15, 0.2) is 18.2 Å². The number of halogens is 2. The fourth-order valence-corrected chi connectivity index (χ4v) is 3.65. The van der Waals surface area contributed by atoms with Gasteiger partial charge in [0.15, 0.2) is 0 Å². The fourth-order valence-electron chi connectivity index (χ4n) is 3.24. The van der Waals surface area contributed by atoms with Crippen LogP contribution in [-0.2, 0) is 16.6 Å². The minimum atomic E-state index is -0.383. The molecule has 0 fully saturated rings. The quantitative estimate of drug-likeness (QED) is 0.184. The van der Waals surface area contributed by atoms with E-state index in [1.165, 1.54) is 0 Å². The van der Waals surface area contributed by atoms with Gasteiger partial charge in [0.25, 0.3) is 0 Å². The fraction of sp³-hybridized carbons (Fsp3) is 0.550. The number of benzene rings is 1. The number of anilines is 2. The van der Waals surface area contributed by atoms with Gasteiger partial charge in [-0.3, -0.25) is 20.1 Å². The summed E-state index contributed by atoms with van der Waals surface area (Å²) in [6.07, 6.45) is 3.77. The number of alkyl halides is 2. The van der Waals surface area contributed by atoms with Gasteiger partial charge in [0, 0.05) is 50.4 Å². The smallest absolute Gasteiger partial charge is 0.243 e. The molecular formula is C20H29Cl2N5O3. The van der Waals surface area contributed by atoms with Gasteiger partial charge < -0.3 is 9.47 Å². The molecule has 30 heavy (non-hydrogen) atoms. The maximum atomic E-state index is 12.3. The lowest BCUT2D eigenvalue weighted by Gasteiger charge is -2.22. The van der Waals surface area contributed by atoms with Crippen LogP contribution < -0.4 is 15.7 Å². The number of rotatable bonds is 13. The van der Waals surface area contributed by atoms with Crippen molar-refractivity contribution < 1.29 is 14.8 Å². The normalized spacial score (nSPS) is 10.9. The van der Waals surface area contributed by atoms with Gasteiger partial charge in [0.05, 0.1) is 11.0 Å². The molecular weight excluding hydrogens is 429 g/mol. The average Bonchev–Trinajstić information content (AvgIpc) is 3.04. The minimum absolute atomic E-state index is 0.0902. The van der Waals surface area contributed by atoms with Gasteiger partial charge in [-0.1, -0.05) is 12.8 Å². The number of fused-ring (bicyclic) bond motifs is 1. The molecule has 2 rings (SSSR count). The van der Waals surface area contributed by atoms with E-state index >= 15 is 0 Å². The average molecular weight is 458 g/mol. The Labute approximate surface area is 186 Å². The number of carbonyl (C=O) groups is 2. The molecule has 0 radical (unpaired) electrons. The number of carbonyl (C=O) groups excluding carboxylic acids is 2. The maximum absolute atomic E-state index is 12.3. The van der Waals surface area contributed by atoms with Crippen LogP contribution in [0, 0.1) is 0 Å². The Morgan fingerprint density at radius 2 is 1.70 bits per heavy atom. The Morgan fingerprint density at radius 1 is 1.07 bits per heavy atom. The minimum Gasteiger partial charge on any atom is -0.369 e. The predicted octanol–water partition coefficient (Wildman–Crippen LogP) is 3.64. The molecule has 0 aliphatic carbocycles. The van der Waals surface area contributed by atoms with E-state index in [0.717, 1.165) is 36.0 Å². The number of hydrogen-bond acceptors (Lipinski definition) is 5. The largest absolute Gasteiger partial charge is 0.369 e. The van der Waals surface area contributed by atoms with Crippen LogP contribution in [0.5, 0.6) is 0 Å². The second kappa shape index (κ2) is 12.6. The Balaban J connectivity index is 1.91. The molecule has 0 unspecified atom stereocenters. The molecule has 0 bridgehead atoms. The van der Waals surface area contributed by atoms with Gasteiger partial charge in [-0.2, -0.15) is 0 Å². The first-order valence-electron chi connectivity index (χ1n) is 10.1. The first-order valence-corrected chi connectivity index (χ1v) is 11.1. The molecule has 0 spiro atoms. The van der Waals surface area contributed by atoms with Gasteiger partial charge in [0.2, 0.25) is 17.8 Å². The van der Waals surface area contributed by atoms with Crippen LogP contribution in [0.1, 0.15) is 38.5 Å². The molecule has 3 N–H and O–H groups in total. The molecule has 166 valence electrons. The summed E-state index contributed by atoms with van der Waals surface area (Å²) < 4.78 is 1.86. The van der Waals surface area contributed by atoms with E-state index in [2.05, 4.69) is 15.2 Å². The summed E-state index contributed by atoms with van der Waals surface area (Å²) in [5.41, 5.74) is 4.33. The third kappa shape index (κ3) is 7.04. The van der Waals surface area contributed by atoms with Crippen molar-refractivity contribution in [3.63, 3.8) is 0 Å². The highest BCUT2D eigenvalue weighted by Crippen LogP contribution is 2.24. The van der Waals surface area contributed by atoms with Gasteiger partial charge >= 0.3 is 0 Å². The van der Waals surface area contributed by atoms with Crippen LogP contribution in [-0.4, -0.2) is 51.4 Å². The van der Waals surface area contributed by atoms with Crippen molar-refractivity contribution in [3.8, 4) is 0 Å². The number of nitrogens with zero attached hydrogens (tertiary/aromatic N) is 3. The highest BCUT2D eigenvalue weighted by molar-refractivity contribution is 6.18.